The van der Waals surface area contributed by atoms with Crippen LogP contribution in [0.2, 0.25) is 0 Å². The Kier molecular flexibility index (Phi) is 6.17. The van der Waals surface area contributed by atoms with Crippen molar-refractivity contribution in [3.05, 3.63) is 59.2 Å². The van der Waals surface area contributed by atoms with Gasteiger partial charge in [0.1, 0.15) is 0 Å². The number of rotatable bonds is 6. The smallest absolute Gasteiger partial charge is 0.340 e. The minimum Gasteiger partial charge on any atom is -0.452 e. The van der Waals surface area contributed by atoms with Crippen molar-refractivity contribution in [2.45, 2.75) is 33.7 Å². The van der Waals surface area contributed by atoms with E-state index in [0.717, 1.165) is 16.8 Å². The van der Waals surface area contributed by atoms with Gasteiger partial charge >= 0.3 is 5.97 Å². The van der Waals surface area contributed by atoms with E-state index in [0.29, 0.717) is 11.3 Å². The number of carbonyl (C=O) groups excluding carboxylic acids is 2. The van der Waals surface area contributed by atoms with E-state index in [-0.39, 0.29) is 18.6 Å². The monoisotopic (exact) mass is 340 g/mol. The first-order valence-electron chi connectivity index (χ1n) is 8.27. The molecule has 0 saturated heterocycles. The Hall–Kier alpha value is -2.82. The molecule has 0 saturated carbocycles. The molecule has 0 radical (unpaired) electrons. The third-order valence-corrected chi connectivity index (χ3v) is 3.80. The topological polar surface area (TPSA) is 67.4 Å². The average molecular weight is 340 g/mol. The molecule has 132 valence electrons. The van der Waals surface area contributed by atoms with Gasteiger partial charge in [0.25, 0.3) is 5.91 Å². The van der Waals surface area contributed by atoms with E-state index in [4.69, 9.17) is 4.74 Å². The number of aryl methyl sites for hydroxylation is 1. The fourth-order valence-electron chi connectivity index (χ4n) is 2.37. The third kappa shape index (κ3) is 5.08. The molecule has 5 heteroatoms. The summed E-state index contributed by atoms with van der Waals surface area (Å²) in [5.41, 5.74) is 4.24. The first-order valence-corrected chi connectivity index (χ1v) is 8.27. The molecule has 0 aliphatic heterocycles. The normalized spacial score (nSPS) is 10.4. The number of nitrogens with one attached hydrogen (secondary N) is 2. The molecule has 2 N–H and O–H groups in total. The van der Waals surface area contributed by atoms with Crippen LogP contribution < -0.4 is 10.6 Å². The van der Waals surface area contributed by atoms with Gasteiger partial charge in [0, 0.05) is 11.7 Å². The number of benzene rings is 2. The molecule has 0 aliphatic rings. The summed E-state index contributed by atoms with van der Waals surface area (Å²) in [4.78, 5) is 24.0. The maximum absolute atomic E-state index is 12.4. The number of hydrogen-bond acceptors (Lipinski definition) is 4. The second-order valence-electron chi connectivity index (χ2n) is 6.22. The lowest BCUT2D eigenvalue weighted by atomic mass is 10.1. The fourth-order valence-corrected chi connectivity index (χ4v) is 2.37. The van der Waals surface area contributed by atoms with Crippen molar-refractivity contribution < 1.29 is 14.3 Å². The minimum absolute atomic E-state index is 0.00412. The lowest BCUT2D eigenvalue weighted by Gasteiger charge is -2.15. The van der Waals surface area contributed by atoms with Crippen LogP contribution in [0.4, 0.5) is 11.4 Å². The molecule has 0 bridgehead atoms. The van der Waals surface area contributed by atoms with Gasteiger partial charge in [-0.2, -0.15) is 0 Å². The number of ether oxygens (including phenoxy) is 1. The molecule has 2 rings (SSSR count). The average Bonchev–Trinajstić information content (AvgIpc) is 2.57. The maximum atomic E-state index is 12.4. The Morgan fingerprint density at radius 1 is 1.00 bits per heavy atom. The lowest BCUT2D eigenvalue weighted by molar-refractivity contribution is -0.124. The minimum atomic E-state index is -0.535. The van der Waals surface area contributed by atoms with Crippen molar-refractivity contribution in [1.82, 2.24) is 5.32 Å². The van der Waals surface area contributed by atoms with Crippen molar-refractivity contribution in [2.24, 2.45) is 0 Å². The van der Waals surface area contributed by atoms with Crippen LogP contribution in [0.15, 0.2) is 42.5 Å². The quantitative estimate of drug-likeness (QED) is 0.786. The summed E-state index contributed by atoms with van der Waals surface area (Å²) in [6, 6.07) is 13.1. The van der Waals surface area contributed by atoms with Crippen LogP contribution in [-0.4, -0.2) is 24.5 Å². The van der Waals surface area contributed by atoms with Crippen LogP contribution in [-0.2, 0) is 9.53 Å². The van der Waals surface area contributed by atoms with E-state index in [1.807, 2.05) is 58.0 Å². The van der Waals surface area contributed by atoms with Gasteiger partial charge in [-0.15, -0.1) is 0 Å². The molecule has 0 aromatic heterocycles. The molecule has 2 aromatic rings. The maximum Gasteiger partial charge on any atom is 0.340 e. The summed E-state index contributed by atoms with van der Waals surface area (Å²) in [6.45, 7) is 7.46. The molecular formula is C20H24N2O3. The van der Waals surface area contributed by atoms with Crippen molar-refractivity contribution in [3.63, 3.8) is 0 Å². The Balaban J connectivity index is 2.13. The van der Waals surface area contributed by atoms with Gasteiger partial charge in [-0.1, -0.05) is 24.3 Å². The van der Waals surface area contributed by atoms with Gasteiger partial charge in [0.2, 0.25) is 0 Å². The van der Waals surface area contributed by atoms with Gasteiger partial charge in [0.05, 0.1) is 11.3 Å². The molecule has 5 nitrogen and oxygen atoms in total. The van der Waals surface area contributed by atoms with Crippen molar-refractivity contribution >= 4 is 23.3 Å². The standard InChI is InChI=1S/C20H24N2O3/c1-13(2)21-19(23)12-25-20(24)16-9-5-6-10-18(16)22-17-11-7-8-14(3)15(17)4/h5-11,13,22H,12H2,1-4H3,(H,21,23). The SMILES string of the molecule is Cc1cccc(Nc2ccccc2C(=O)OCC(=O)NC(C)C)c1C. The van der Waals surface area contributed by atoms with Crippen molar-refractivity contribution in [1.29, 1.82) is 0 Å². The summed E-state index contributed by atoms with van der Waals surface area (Å²) >= 11 is 0. The van der Waals surface area contributed by atoms with E-state index in [1.165, 1.54) is 0 Å². The molecule has 1 amide bonds. The Morgan fingerprint density at radius 2 is 1.68 bits per heavy atom. The van der Waals surface area contributed by atoms with Gasteiger partial charge in [0.15, 0.2) is 6.61 Å². The van der Waals surface area contributed by atoms with E-state index in [2.05, 4.69) is 10.6 Å². The first kappa shape index (κ1) is 18.5. The first-order chi connectivity index (χ1) is 11.9. The summed E-state index contributed by atoms with van der Waals surface area (Å²) < 4.78 is 5.13. The van der Waals surface area contributed by atoms with Gasteiger partial charge in [-0.3, -0.25) is 4.79 Å². The van der Waals surface area contributed by atoms with Crippen LogP contribution in [0.3, 0.4) is 0 Å². The third-order valence-electron chi connectivity index (χ3n) is 3.80. The highest BCUT2D eigenvalue weighted by molar-refractivity contribution is 5.97. The zero-order valence-corrected chi connectivity index (χ0v) is 15.1. The number of para-hydroxylation sites is 1. The number of amides is 1. The molecule has 0 heterocycles. The number of hydrogen-bond donors (Lipinski definition) is 2. The summed E-state index contributed by atoms with van der Waals surface area (Å²) in [5.74, 6) is -0.851. The Morgan fingerprint density at radius 3 is 2.40 bits per heavy atom. The second kappa shape index (κ2) is 8.33. The highest BCUT2D eigenvalue weighted by Crippen LogP contribution is 2.25. The molecule has 2 aromatic carbocycles. The molecule has 0 atom stereocenters. The van der Waals surface area contributed by atoms with E-state index < -0.39 is 5.97 Å². The van der Waals surface area contributed by atoms with Crippen LogP contribution in [0.5, 0.6) is 0 Å². The lowest BCUT2D eigenvalue weighted by Crippen LogP contribution is -2.34. The summed E-state index contributed by atoms with van der Waals surface area (Å²) in [6.07, 6.45) is 0. The summed E-state index contributed by atoms with van der Waals surface area (Å²) in [7, 11) is 0. The van der Waals surface area contributed by atoms with Gasteiger partial charge in [-0.25, -0.2) is 4.79 Å². The highest BCUT2D eigenvalue weighted by atomic mass is 16.5. The Bertz CT molecular complexity index is 769. The van der Waals surface area contributed by atoms with Crippen LogP contribution in [0, 0.1) is 13.8 Å². The van der Waals surface area contributed by atoms with Crippen LogP contribution in [0.1, 0.15) is 35.3 Å². The van der Waals surface area contributed by atoms with Gasteiger partial charge in [-0.05, 0) is 57.0 Å². The number of carbonyl (C=O) groups is 2. The highest BCUT2D eigenvalue weighted by Gasteiger charge is 2.15. The predicted octanol–water partition coefficient (Wildman–Crippen LogP) is 3.73. The zero-order chi connectivity index (χ0) is 18.4. The number of anilines is 2. The van der Waals surface area contributed by atoms with Crippen LogP contribution >= 0.6 is 0 Å². The fraction of sp³-hybridized carbons (Fsp3) is 0.300. The van der Waals surface area contributed by atoms with E-state index in [1.54, 1.807) is 12.1 Å². The van der Waals surface area contributed by atoms with Crippen LogP contribution in [0.25, 0.3) is 0 Å². The van der Waals surface area contributed by atoms with Crippen molar-refractivity contribution in [3.8, 4) is 0 Å². The molecule has 0 spiro atoms. The Labute approximate surface area is 148 Å². The van der Waals surface area contributed by atoms with E-state index in [9.17, 15) is 9.59 Å². The number of esters is 1. The molecular weight excluding hydrogens is 316 g/mol. The largest absolute Gasteiger partial charge is 0.452 e. The molecule has 25 heavy (non-hydrogen) atoms. The summed E-state index contributed by atoms with van der Waals surface area (Å²) in [5, 5.41) is 5.97. The predicted molar refractivity (Wildman–Crippen MR) is 99.2 cm³/mol. The molecule has 0 fully saturated rings. The molecule has 0 unspecified atom stereocenters. The van der Waals surface area contributed by atoms with Crippen molar-refractivity contribution in [2.75, 3.05) is 11.9 Å². The second-order valence-corrected chi connectivity index (χ2v) is 6.22. The van der Waals surface area contributed by atoms with E-state index >= 15 is 0 Å². The van der Waals surface area contributed by atoms with Gasteiger partial charge < -0.3 is 15.4 Å². The zero-order valence-electron chi connectivity index (χ0n) is 15.1. The molecule has 0 aliphatic carbocycles.